The zero-order valence-electron chi connectivity index (χ0n) is 11.7. The Kier molecular flexibility index (Phi) is 5.42. The lowest BCUT2D eigenvalue weighted by Crippen LogP contribution is -2.33. The summed E-state index contributed by atoms with van der Waals surface area (Å²) < 4.78 is 0. The second-order valence-corrected chi connectivity index (χ2v) is 5.41. The standard InChI is InChI=1S/C11H16O.C3H6.C2H6/c12-7-11-5-1-2-10(11)8-3-4-9(11)6-8;1-3-2;1-2/h7-10H,1-6H2;3H,1H2,2H3;1-2H3. The van der Waals surface area contributed by atoms with Gasteiger partial charge in [-0.05, 0) is 56.8 Å². The smallest absolute Gasteiger partial charge is 0.126 e. The predicted octanol–water partition coefficient (Wildman–Crippen LogP) is 4.62. The molecule has 0 spiro atoms. The summed E-state index contributed by atoms with van der Waals surface area (Å²) in [6.07, 6.45) is 11.1. The molecule has 2 bridgehead atoms. The van der Waals surface area contributed by atoms with Crippen LogP contribution >= 0.6 is 0 Å². The van der Waals surface area contributed by atoms with Crippen molar-refractivity contribution in [3.8, 4) is 0 Å². The molecule has 3 aliphatic rings. The van der Waals surface area contributed by atoms with Crippen molar-refractivity contribution >= 4 is 6.29 Å². The Hall–Kier alpha value is -0.590. The van der Waals surface area contributed by atoms with Gasteiger partial charge in [0.2, 0.25) is 0 Å². The van der Waals surface area contributed by atoms with Gasteiger partial charge in [0.05, 0.1) is 0 Å². The minimum atomic E-state index is 0.183. The maximum atomic E-state index is 11.2. The number of rotatable bonds is 1. The molecule has 3 fully saturated rings. The van der Waals surface area contributed by atoms with Crippen molar-refractivity contribution in [2.45, 2.75) is 59.3 Å². The van der Waals surface area contributed by atoms with Gasteiger partial charge in [0.15, 0.2) is 0 Å². The summed E-state index contributed by atoms with van der Waals surface area (Å²) >= 11 is 0. The monoisotopic (exact) mass is 236 g/mol. The van der Waals surface area contributed by atoms with Crippen molar-refractivity contribution in [2.75, 3.05) is 0 Å². The summed E-state index contributed by atoms with van der Waals surface area (Å²) in [5.41, 5.74) is 0.183. The maximum absolute atomic E-state index is 11.2. The Labute approximate surface area is 107 Å². The first-order valence-corrected chi connectivity index (χ1v) is 7.32. The second kappa shape index (κ2) is 6.37. The van der Waals surface area contributed by atoms with E-state index < -0.39 is 0 Å². The minimum absolute atomic E-state index is 0.183. The van der Waals surface area contributed by atoms with Crippen molar-refractivity contribution < 1.29 is 4.79 Å². The van der Waals surface area contributed by atoms with Gasteiger partial charge in [-0.25, -0.2) is 0 Å². The first-order chi connectivity index (χ1) is 8.28. The van der Waals surface area contributed by atoms with Crippen LogP contribution in [0.3, 0.4) is 0 Å². The van der Waals surface area contributed by atoms with Crippen LogP contribution in [0.25, 0.3) is 0 Å². The SMILES string of the molecule is C=CC.CC.O=CC12CCCC1C1CCC2C1. The molecule has 0 aliphatic heterocycles. The fourth-order valence-electron chi connectivity index (χ4n) is 4.38. The molecule has 0 aromatic heterocycles. The van der Waals surface area contributed by atoms with Crippen molar-refractivity contribution in [3.63, 3.8) is 0 Å². The van der Waals surface area contributed by atoms with Gasteiger partial charge >= 0.3 is 0 Å². The van der Waals surface area contributed by atoms with E-state index in [0.717, 1.165) is 17.8 Å². The van der Waals surface area contributed by atoms with Crippen LogP contribution < -0.4 is 0 Å². The molecule has 0 aromatic carbocycles. The fraction of sp³-hybridized carbons (Fsp3) is 0.812. The quantitative estimate of drug-likeness (QED) is 0.479. The van der Waals surface area contributed by atoms with Crippen LogP contribution in [0, 0.1) is 23.2 Å². The number of carbonyl (C=O) groups is 1. The van der Waals surface area contributed by atoms with Gasteiger partial charge in [-0.15, -0.1) is 6.58 Å². The highest BCUT2D eigenvalue weighted by Gasteiger charge is 2.59. The second-order valence-electron chi connectivity index (χ2n) is 5.41. The number of aldehydes is 1. The van der Waals surface area contributed by atoms with Gasteiger partial charge in [-0.2, -0.15) is 0 Å². The first-order valence-electron chi connectivity index (χ1n) is 7.32. The van der Waals surface area contributed by atoms with Crippen LogP contribution in [-0.2, 0) is 4.79 Å². The molecular weight excluding hydrogens is 208 g/mol. The highest BCUT2D eigenvalue weighted by Crippen LogP contribution is 2.65. The van der Waals surface area contributed by atoms with Crippen molar-refractivity contribution in [1.29, 1.82) is 0 Å². The molecule has 0 amide bonds. The van der Waals surface area contributed by atoms with Gasteiger partial charge in [0.1, 0.15) is 6.29 Å². The molecule has 0 radical (unpaired) electrons. The van der Waals surface area contributed by atoms with Gasteiger partial charge in [-0.1, -0.05) is 26.3 Å². The molecule has 0 aromatic rings. The summed E-state index contributed by atoms with van der Waals surface area (Å²) in [7, 11) is 0. The molecule has 17 heavy (non-hydrogen) atoms. The van der Waals surface area contributed by atoms with E-state index in [1.807, 2.05) is 20.8 Å². The van der Waals surface area contributed by atoms with Crippen LogP contribution in [0.2, 0.25) is 0 Å². The molecule has 1 nitrogen and oxygen atoms in total. The van der Waals surface area contributed by atoms with Crippen LogP contribution in [-0.4, -0.2) is 6.29 Å². The third-order valence-electron chi connectivity index (χ3n) is 4.84. The number of hydrogen-bond acceptors (Lipinski definition) is 1. The van der Waals surface area contributed by atoms with Crippen LogP contribution in [0.4, 0.5) is 0 Å². The number of carbonyl (C=O) groups excluding carboxylic acids is 1. The molecular formula is C16H28O. The Morgan fingerprint density at radius 1 is 1.24 bits per heavy atom. The molecule has 98 valence electrons. The van der Waals surface area contributed by atoms with E-state index in [-0.39, 0.29) is 5.41 Å². The molecule has 0 heterocycles. The van der Waals surface area contributed by atoms with E-state index in [1.165, 1.54) is 44.8 Å². The van der Waals surface area contributed by atoms with E-state index in [9.17, 15) is 4.79 Å². The predicted molar refractivity (Wildman–Crippen MR) is 73.9 cm³/mol. The molecule has 4 unspecified atom stereocenters. The van der Waals surface area contributed by atoms with E-state index in [1.54, 1.807) is 6.08 Å². The summed E-state index contributed by atoms with van der Waals surface area (Å²) in [6, 6.07) is 0. The third kappa shape index (κ3) is 2.34. The zero-order valence-corrected chi connectivity index (χ0v) is 11.7. The molecule has 3 saturated carbocycles. The van der Waals surface area contributed by atoms with Crippen LogP contribution in [0.1, 0.15) is 59.3 Å². The summed E-state index contributed by atoms with van der Waals surface area (Å²) in [4.78, 5) is 11.2. The van der Waals surface area contributed by atoms with E-state index in [4.69, 9.17) is 0 Å². The van der Waals surface area contributed by atoms with Gasteiger partial charge < -0.3 is 4.79 Å². The fourth-order valence-corrected chi connectivity index (χ4v) is 4.38. The lowest BCUT2D eigenvalue weighted by molar-refractivity contribution is -0.120. The summed E-state index contributed by atoms with van der Waals surface area (Å²) in [5, 5.41) is 0. The third-order valence-corrected chi connectivity index (χ3v) is 4.84. The van der Waals surface area contributed by atoms with E-state index in [2.05, 4.69) is 6.58 Å². The highest BCUT2D eigenvalue weighted by atomic mass is 16.1. The Balaban J connectivity index is 0.000000256. The molecule has 4 atom stereocenters. The topological polar surface area (TPSA) is 17.1 Å². The highest BCUT2D eigenvalue weighted by molar-refractivity contribution is 5.62. The minimum Gasteiger partial charge on any atom is -0.303 e. The molecule has 0 N–H and O–H groups in total. The summed E-state index contributed by atoms with van der Waals surface area (Å²) in [6.45, 7) is 9.25. The molecule has 3 aliphatic carbocycles. The van der Waals surface area contributed by atoms with Crippen LogP contribution in [0.5, 0.6) is 0 Å². The average Bonchev–Trinajstić information content (AvgIpc) is 3.05. The average molecular weight is 236 g/mol. The number of fused-ring (bicyclic) bond motifs is 5. The lowest BCUT2D eigenvalue weighted by atomic mass is 9.69. The summed E-state index contributed by atoms with van der Waals surface area (Å²) in [5.74, 6) is 2.52. The zero-order chi connectivity index (χ0) is 12.9. The lowest BCUT2D eigenvalue weighted by Gasteiger charge is -2.34. The largest absolute Gasteiger partial charge is 0.303 e. The first kappa shape index (κ1) is 14.5. The molecule has 0 saturated heterocycles. The van der Waals surface area contributed by atoms with Crippen molar-refractivity contribution in [1.82, 2.24) is 0 Å². The normalized spacial score (nSPS) is 40.5. The van der Waals surface area contributed by atoms with E-state index >= 15 is 0 Å². The molecule has 1 heteroatoms. The van der Waals surface area contributed by atoms with Gasteiger partial charge in [-0.3, -0.25) is 0 Å². The Bertz CT molecular complexity index is 258. The van der Waals surface area contributed by atoms with Crippen molar-refractivity contribution in [2.24, 2.45) is 23.2 Å². The Morgan fingerprint density at radius 3 is 2.41 bits per heavy atom. The van der Waals surface area contributed by atoms with Crippen LogP contribution in [0.15, 0.2) is 12.7 Å². The number of hydrogen-bond donors (Lipinski definition) is 0. The van der Waals surface area contributed by atoms with E-state index in [0.29, 0.717) is 0 Å². The van der Waals surface area contributed by atoms with Gasteiger partial charge in [0.25, 0.3) is 0 Å². The molecule has 3 rings (SSSR count). The van der Waals surface area contributed by atoms with Crippen molar-refractivity contribution in [3.05, 3.63) is 12.7 Å². The number of allylic oxidation sites excluding steroid dienone is 1. The Morgan fingerprint density at radius 2 is 1.88 bits per heavy atom. The van der Waals surface area contributed by atoms with Gasteiger partial charge in [0, 0.05) is 5.41 Å². The maximum Gasteiger partial charge on any atom is 0.126 e.